The third kappa shape index (κ3) is 2.54. The zero-order valence-corrected chi connectivity index (χ0v) is 10.5. The third-order valence-corrected chi connectivity index (χ3v) is 3.64. The van der Waals surface area contributed by atoms with E-state index in [2.05, 4.69) is 5.43 Å². The smallest absolute Gasteiger partial charge is 0.123 e. The van der Waals surface area contributed by atoms with Crippen LogP contribution in [0.15, 0.2) is 24.3 Å². The fraction of sp³-hybridized carbons (Fsp3) is 0.538. The maximum atomic E-state index is 13.0. The average Bonchev–Trinajstić information content (AvgIpc) is 2.43. The van der Waals surface area contributed by atoms with Crippen molar-refractivity contribution in [1.82, 2.24) is 5.43 Å². The summed E-state index contributed by atoms with van der Waals surface area (Å²) in [7, 11) is 1.68. The van der Waals surface area contributed by atoms with E-state index in [1.54, 1.807) is 19.2 Å². The predicted octanol–water partition coefficient (Wildman–Crippen LogP) is 1.53. The molecular weight excluding hydrogens is 235 g/mol. The van der Waals surface area contributed by atoms with Crippen LogP contribution in [-0.4, -0.2) is 25.9 Å². The highest BCUT2D eigenvalue weighted by Crippen LogP contribution is 2.36. The Morgan fingerprint density at radius 2 is 1.94 bits per heavy atom. The van der Waals surface area contributed by atoms with Crippen LogP contribution < -0.4 is 11.3 Å². The summed E-state index contributed by atoms with van der Waals surface area (Å²) in [4.78, 5) is 0. The van der Waals surface area contributed by atoms with E-state index in [0.717, 1.165) is 18.4 Å². The average molecular weight is 254 g/mol. The lowest BCUT2D eigenvalue weighted by Gasteiger charge is -2.42. The molecule has 1 aromatic carbocycles. The van der Waals surface area contributed by atoms with Crippen molar-refractivity contribution >= 4 is 0 Å². The molecule has 0 aromatic heterocycles. The number of ether oxygens (including phenoxy) is 2. The van der Waals surface area contributed by atoms with Gasteiger partial charge in [0.2, 0.25) is 0 Å². The topological polar surface area (TPSA) is 56.5 Å². The molecule has 1 heterocycles. The van der Waals surface area contributed by atoms with Crippen LogP contribution in [0.3, 0.4) is 0 Å². The van der Waals surface area contributed by atoms with Crippen LogP contribution in [-0.2, 0) is 9.47 Å². The van der Waals surface area contributed by atoms with Crippen LogP contribution in [0.25, 0.3) is 0 Å². The minimum absolute atomic E-state index is 0.174. The van der Waals surface area contributed by atoms with Crippen molar-refractivity contribution in [2.75, 3.05) is 20.3 Å². The second kappa shape index (κ2) is 5.75. The molecule has 18 heavy (non-hydrogen) atoms. The summed E-state index contributed by atoms with van der Waals surface area (Å²) in [6, 6.07) is 6.16. The molecule has 0 radical (unpaired) electrons. The van der Waals surface area contributed by atoms with Gasteiger partial charge in [-0.1, -0.05) is 12.1 Å². The summed E-state index contributed by atoms with van der Waals surface area (Å²) in [5, 5.41) is 0. The molecule has 1 unspecified atom stereocenters. The second-order valence-electron chi connectivity index (χ2n) is 4.53. The third-order valence-electron chi connectivity index (χ3n) is 3.64. The first-order valence-electron chi connectivity index (χ1n) is 6.06. The molecule has 0 saturated carbocycles. The molecule has 2 rings (SSSR count). The molecule has 1 aliphatic heterocycles. The Bertz CT molecular complexity index is 377. The molecule has 1 fully saturated rings. The first-order chi connectivity index (χ1) is 8.72. The van der Waals surface area contributed by atoms with E-state index < -0.39 is 5.60 Å². The van der Waals surface area contributed by atoms with Crippen LogP contribution in [0.4, 0.5) is 4.39 Å². The lowest BCUT2D eigenvalue weighted by atomic mass is 9.82. The molecule has 0 aliphatic carbocycles. The van der Waals surface area contributed by atoms with Gasteiger partial charge in [0.1, 0.15) is 5.82 Å². The van der Waals surface area contributed by atoms with Crippen LogP contribution in [0.5, 0.6) is 0 Å². The van der Waals surface area contributed by atoms with E-state index in [1.807, 2.05) is 0 Å². The molecule has 3 N–H and O–H groups in total. The first kappa shape index (κ1) is 13.4. The summed E-state index contributed by atoms with van der Waals surface area (Å²) in [5.41, 5.74) is 3.32. The molecule has 1 aliphatic rings. The largest absolute Gasteiger partial charge is 0.381 e. The summed E-state index contributed by atoms with van der Waals surface area (Å²) < 4.78 is 24.0. The van der Waals surface area contributed by atoms with Crippen molar-refractivity contribution in [3.8, 4) is 0 Å². The highest BCUT2D eigenvalue weighted by Gasteiger charge is 2.41. The van der Waals surface area contributed by atoms with Crippen LogP contribution in [0.2, 0.25) is 0 Å². The van der Waals surface area contributed by atoms with E-state index >= 15 is 0 Å². The van der Waals surface area contributed by atoms with Crippen molar-refractivity contribution < 1.29 is 13.9 Å². The summed E-state index contributed by atoms with van der Waals surface area (Å²) >= 11 is 0. The van der Waals surface area contributed by atoms with E-state index in [1.165, 1.54) is 12.1 Å². The van der Waals surface area contributed by atoms with Gasteiger partial charge in [0.25, 0.3) is 0 Å². The van der Waals surface area contributed by atoms with Crippen molar-refractivity contribution in [2.24, 2.45) is 5.84 Å². The standard InChI is InChI=1S/C13H19FN2O2/c1-17-13(6-8-18-9-7-13)12(16-15)10-2-4-11(14)5-3-10/h2-5,12,16H,6-9,15H2,1H3. The molecule has 1 atom stereocenters. The summed E-state index contributed by atoms with van der Waals surface area (Å²) in [6.07, 6.45) is 1.52. The fourth-order valence-electron chi connectivity index (χ4n) is 2.53. The normalized spacial score (nSPS) is 20.6. The van der Waals surface area contributed by atoms with Gasteiger partial charge in [0, 0.05) is 33.2 Å². The van der Waals surface area contributed by atoms with Crippen molar-refractivity contribution in [2.45, 2.75) is 24.5 Å². The highest BCUT2D eigenvalue weighted by molar-refractivity contribution is 5.23. The van der Waals surface area contributed by atoms with Crippen molar-refractivity contribution in [1.29, 1.82) is 0 Å². The lowest BCUT2D eigenvalue weighted by molar-refractivity contribution is -0.111. The number of hydrogen-bond acceptors (Lipinski definition) is 4. The number of nitrogens with two attached hydrogens (primary N) is 1. The van der Waals surface area contributed by atoms with Crippen LogP contribution in [0.1, 0.15) is 24.4 Å². The SMILES string of the molecule is COC1(C(NN)c2ccc(F)cc2)CCOCC1. The second-order valence-corrected chi connectivity index (χ2v) is 4.53. The highest BCUT2D eigenvalue weighted by atomic mass is 19.1. The molecule has 0 amide bonds. The number of nitrogens with one attached hydrogen (secondary N) is 1. The molecule has 0 spiro atoms. The van der Waals surface area contributed by atoms with Gasteiger partial charge < -0.3 is 9.47 Å². The van der Waals surface area contributed by atoms with Gasteiger partial charge in [-0.2, -0.15) is 0 Å². The molecular formula is C13H19FN2O2. The molecule has 0 bridgehead atoms. The quantitative estimate of drug-likeness (QED) is 0.632. The number of methoxy groups -OCH3 is 1. The number of hydrogen-bond donors (Lipinski definition) is 2. The maximum absolute atomic E-state index is 13.0. The summed E-state index contributed by atoms with van der Waals surface area (Å²) in [6.45, 7) is 1.29. The Hall–Kier alpha value is -1.01. The minimum Gasteiger partial charge on any atom is -0.381 e. The Balaban J connectivity index is 2.27. The van der Waals surface area contributed by atoms with Crippen molar-refractivity contribution in [3.05, 3.63) is 35.6 Å². The number of halogens is 1. The number of benzene rings is 1. The molecule has 1 aromatic rings. The number of rotatable bonds is 4. The lowest BCUT2D eigenvalue weighted by Crippen LogP contribution is -2.51. The monoisotopic (exact) mass is 254 g/mol. The zero-order valence-electron chi connectivity index (χ0n) is 10.5. The van der Waals surface area contributed by atoms with Crippen LogP contribution in [0, 0.1) is 5.82 Å². The summed E-state index contributed by atoms with van der Waals surface area (Å²) in [5.74, 6) is 5.41. The van der Waals surface area contributed by atoms with Gasteiger partial charge in [0.05, 0.1) is 11.6 Å². The fourth-order valence-corrected chi connectivity index (χ4v) is 2.53. The van der Waals surface area contributed by atoms with Gasteiger partial charge >= 0.3 is 0 Å². The molecule has 5 heteroatoms. The van der Waals surface area contributed by atoms with E-state index in [-0.39, 0.29) is 11.9 Å². The van der Waals surface area contributed by atoms with Crippen molar-refractivity contribution in [3.63, 3.8) is 0 Å². The van der Waals surface area contributed by atoms with Gasteiger partial charge in [0.15, 0.2) is 0 Å². The Kier molecular flexibility index (Phi) is 4.29. The molecule has 1 saturated heterocycles. The van der Waals surface area contributed by atoms with Crippen LogP contribution >= 0.6 is 0 Å². The van der Waals surface area contributed by atoms with Gasteiger partial charge in [-0.15, -0.1) is 0 Å². The van der Waals surface area contributed by atoms with E-state index in [4.69, 9.17) is 15.3 Å². The number of hydrazine groups is 1. The Labute approximate surface area is 106 Å². The molecule has 100 valence electrons. The van der Waals surface area contributed by atoms with Gasteiger partial charge in [-0.25, -0.2) is 4.39 Å². The van der Waals surface area contributed by atoms with E-state index in [9.17, 15) is 4.39 Å². The molecule has 4 nitrogen and oxygen atoms in total. The minimum atomic E-state index is -0.398. The van der Waals surface area contributed by atoms with E-state index in [0.29, 0.717) is 13.2 Å². The van der Waals surface area contributed by atoms with Gasteiger partial charge in [-0.05, 0) is 17.7 Å². The zero-order chi connectivity index (χ0) is 13.0. The Morgan fingerprint density at radius 3 is 2.44 bits per heavy atom. The predicted molar refractivity (Wildman–Crippen MR) is 66.3 cm³/mol. The first-order valence-corrected chi connectivity index (χ1v) is 6.06. The Morgan fingerprint density at radius 1 is 1.33 bits per heavy atom. The van der Waals surface area contributed by atoms with Gasteiger partial charge in [-0.3, -0.25) is 11.3 Å². The maximum Gasteiger partial charge on any atom is 0.123 e.